The van der Waals surface area contributed by atoms with Gasteiger partial charge in [-0.25, -0.2) is 4.98 Å². The van der Waals surface area contributed by atoms with Crippen molar-refractivity contribution < 1.29 is 5.11 Å². The molecular formula is C23H13BrN4O. The third-order valence-electron chi connectivity index (χ3n) is 4.35. The third-order valence-corrected chi connectivity index (χ3v) is 4.84. The number of aliphatic hydroxyl groups is 1. The maximum Gasteiger partial charge on any atom is 0.156 e. The first kappa shape index (κ1) is 19.8. The number of hydrogen-bond donors (Lipinski definition) is 1. The van der Waals surface area contributed by atoms with Gasteiger partial charge in [0.15, 0.2) is 5.57 Å². The van der Waals surface area contributed by atoms with Crippen molar-refractivity contribution in [2.24, 2.45) is 0 Å². The smallest absolute Gasteiger partial charge is 0.156 e. The lowest BCUT2D eigenvalue weighted by atomic mass is 9.94. The average molecular weight is 441 g/mol. The Bertz CT molecular complexity index is 1340. The zero-order chi connectivity index (χ0) is 21.0. The van der Waals surface area contributed by atoms with Gasteiger partial charge in [-0.3, -0.25) is 0 Å². The van der Waals surface area contributed by atoms with Crippen molar-refractivity contribution in [3.63, 3.8) is 0 Å². The molecule has 3 aromatic rings. The standard InChI is InChI=1S/C23H13BrN4O/c1-14-20(23(29)15-6-3-2-4-7-15)21(16-8-5-9-18(24)10-16)19(13-27)22(28-14)17(11-25)12-26/h2-10,29H,1H3. The number of aromatic nitrogens is 1. The van der Waals surface area contributed by atoms with Crippen LogP contribution in [0.3, 0.4) is 0 Å². The summed E-state index contributed by atoms with van der Waals surface area (Å²) < 4.78 is 0.782. The van der Waals surface area contributed by atoms with Crippen LogP contribution < -0.4 is 10.6 Å². The van der Waals surface area contributed by atoms with Crippen LogP contribution in [-0.4, -0.2) is 10.1 Å². The van der Waals surface area contributed by atoms with Crippen LogP contribution in [0.1, 0.15) is 16.8 Å². The number of halogens is 1. The molecule has 1 N–H and O–H groups in total. The molecular weight excluding hydrogens is 428 g/mol. The Morgan fingerprint density at radius 3 is 2.28 bits per heavy atom. The second-order valence-electron chi connectivity index (χ2n) is 6.11. The molecule has 0 amide bonds. The Morgan fingerprint density at radius 2 is 1.69 bits per heavy atom. The maximum absolute atomic E-state index is 11.1. The predicted molar refractivity (Wildman–Crippen MR) is 112 cm³/mol. The summed E-state index contributed by atoms with van der Waals surface area (Å²) in [6.07, 6.45) is 0. The molecule has 0 aliphatic rings. The fourth-order valence-electron chi connectivity index (χ4n) is 3.09. The molecule has 0 saturated heterocycles. The van der Waals surface area contributed by atoms with Crippen LogP contribution in [0, 0.1) is 40.9 Å². The van der Waals surface area contributed by atoms with Gasteiger partial charge in [-0.1, -0.05) is 58.4 Å². The number of nitriles is 3. The van der Waals surface area contributed by atoms with Crippen LogP contribution in [0.25, 0.3) is 22.5 Å². The summed E-state index contributed by atoms with van der Waals surface area (Å²) in [6, 6.07) is 21.9. The summed E-state index contributed by atoms with van der Waals surface area (Å²) in [4.78, 5) is 4.34. The van der Waals surface area contributed by atoms with Crippen molar-refractivity contribution in [3.8, 4) is 29.3 Å². The largest absolute Gasteiger partial charge is 0.507 e. The van der Waals surface area contributed by atoms with E-state index in [2.05, 4.69) is 27.0 Å². The van der Waals surface area contributed by atoms with Gasteiger partial charge in [0.25, 0.3) is 0 Å². The molecule has 1 aromatic heterocycles. The summed E-state index contributed by atoms with van der Waals surface area (Å²) in [6.45, 7) is 1.67. The molecule has 29 heavy (non-hydrogen) atoms. The van der Waals surface area contributed by atoms with E-state index < -0.39 is 0 Å². The van der Waals surface area contributed by atoms with E-state index in [1.807, 2.05) is 12.1 Å². The lowest BCUT2D eigenvalue weighted by molar-refractivity contribution is 0.507. The highest BCUT2D eigenvalue weighted by Crippen LogP contribution is 2.24. The second-order valence-corrected chi connectivity index (χ2v) is 7.02. The zero-order valence-electron chi connectivity index (χ0n) is 15.3. The summed E-state index contributed by atoms with van der Waals surface area (Å²) >= 11 is 3.43. The van der Waals surface area contributed by atoms with Crippen molar-refractivity contribution >= 4 is 27.3 Å². The van der Waals surface area contributed by atoms with Gasteiger partial charge >= 0.3 is 0 Å². The van der Waals surface area contributed by atoms with Crippen molar-refractivity contribution in [3.05, 3.63) is 86.5 Å². The van der Waals surface area contributed by atoms with Crippen LogP contribution in [0.15, 0.2) is 59.1 Å². The number of nitrogens with zero attached hydrogens (tertiary/aromatic N) is 4. The molecule has 3 rings (SSSR count). The highest BCUT2D eigenvalue weighted by atomic mass is 79.9. The van der Waals surface area contributed by atoms with E-state index >= 15 is 0 Å². The molecule has 0 radical (unpaired) electrons. The summed E-state index contributed by atoms with van der Waals surface area (Å²) in [5.74, 6) is -0.0379. The Balaban J connectivity index is 2.66. The lowest BCUT2D eigenvalue weighted by Gasteiger charge is -2.12. The molecule has 6 heteroatoms. The minimum absolute atomic E-state index is 0.00888. The van der Waals surface area contributed by atoms with E-state index in [4.69, 9.17) is 0 Å². The predicted octanol–water partition coefficient (Wildman–Crippen LogP) is 3.60. The number of rotatable bonds is 2. The normalized spacial score (nSPS) is 11.0. The summed E-state index contributed by atoms with van der Waals surface area (Å²) in [5.41, 5.74) is 1.83. The molecule has 138 valence electrons. The van der Waals surface area contributed by atoms with Gasteiger partial charge in [0.2, 0.25) is 0 Å². The van der Waals surface area contributed by atoms with Crippen LogP contribution in [-0.2, 0) is 0 Å². The molecule has 5 nitrogen and oxygen atoms in total. The van der Waals surface area contributed by atoms with E-state index in [1.54, 1.807) is 61.5 Å². The van der Waals surface area contributed by atoms with Gasteiger partial charge in [0.1, 0.15) is 29.3 Å². The first-order valence-corrected chi connectivity index (χ1v) is 9.31. The number of benzene rings is 2. The highest BCUT2D eigenvalue weighted by Gasteiger charge is 2.18. The van der Waals surface area contributed by atoms with Crippen molar-refractivity contribution in [1.82, 2.24) is 4.98 Å². The van der Waals surface area contributed by atoms with Crippen molar-refractivity contribution in [1.29, 1.82) is 15.8 Å². The minimum Gasteiger partial charge on any atom is -0.507 e. The SMILES string of the molecule is Cc1nc(=C(C#N)C#N)c(C#N)c(-c2cccc(Br)c2)c1=C(O)c1ccccc1. The Kier molecular flexibility index (Phi) is 5.74. The summed E-state index contributed by atoms with van der Waals surface area (Å²) in [7, 11) is 0. The van der Waals surface area contributed by atoms with Crippen molar-refractivity contribution in [2.45, 2.75) is 6.92 Å². The summed E-state index contributed by atoms with van der Waals surface area (Å²) in [5, 5.41) is 40.0. The number of aryl methyl sites for hydroxylation is 1. The fraction of sp³-hybridized carbons (Fsp3) is 0.0435. The highest BCUT2D eigenvalue weighted by molar-refractivity contribution is 9.10. The molecule has 0 fully saturated rings. The molecule has 2 aromatic carbocycles. The molecule has 0 saturated carbocycles. The Morgan fingerprint density at radius 1 is 1.00 bits per heavy atom. The molecule has 0 bridgehead atoms. The van der Waals surface area contributed by atoms with E-state index in [1.165, 1.54) is 0 Å². The van der Waals surface area contributed by atoms with E-state index in [9.17, 15) is 20.9 Å². The zero-order valence-corrected chi connectivity index (χ0v) is 16.9. The van der Waals surface area contributed by atoms with Gasteiger partial charge in [0.05, 0.1) is 5.56 Å². The third kappa shape index (κ3) is 3.73. The van der Waals surface area contributed by atoms with Gasteiger partial charge in [-0.05, 0) is 24.6 Å². The lowest BCUT2D eigenvalue weighted by Crippen LogP contribution is -2.28. The molecule has 0 aliphatic heterocycles. The van der Waals surface area contributed by atoms with Crippen LogP contribution in [0.5, 0.6) is 0 Å². The molecule has 0 spiro atoms. The molecule has 0 atom stereocenters. The maximum atomic E-state index is 11.1. The topological polar surface area (TPSA) is 104 Å². The number of aliphatic hydroxyl groups excluding tert-OH is 1. The first-order chi connectivity index (χ1) is 14.0. The van der Waals surface area contributed by atoms with Crippen molar-refractivity contribution in [2.75, 3.05) is 0 Å². The van der Waals surface area contributed by atoms with E-state index in [0.29, 0.717) is 27.6 Å². The first-order valence-electron chi connectivity index (χ1n) is 8.51. The molecule has 1 heterocycles. The Labute approximate surface area is 175 Å². The quantitative estimate of drug-likeness (QED) is 0.655. The van der Waals surface area contributed by atoms with Crippen LogP contribution in [0.4, 0.5) is 0 Å². The van der Waals surface area contributed by atoms with Gasteiger partial charge in [-0.2, -0.15) is 15.8 Å². The molecule has 0 aliphatic carbocycles. The second kappa shape index (κ2) is 8.40. The Hall–Kier alpha value is -3.92. The van der Waals surface area contributed by atoms with Crippen LogP contribution >= 0.6 is 15.9 Å². The average Bonchev–Trinajstić information content (AvgIpc) is 2.74. The molecule has 0 unspecified atom stereocenters. The van der Waals surface area contributed by atoms with E-state index in [0.717, 1.165) is 4.47 Å². The monoisotopic (exact) mass is 440 g/mol. The number of hydrogen-bond acceptors (Lipinski definition) is 5. The van der Waals surface area contributed by atoms with Gasteiger partial charge in [0, 0.05) is 26.5 Å². The minimum atomic E-state index is -0.258. The van der Waals surface area contributed by atoms with Gasteiger partial charge in [-0.15, -0.1) is 0 Å². The van der Waals surface area contributed by atoms with E-state index in [-0.39, 0.29) is 22.2 Å². The fourth-order valence-corrected chi connectivity index (χ4v) is 3.49. The van der Waals surface area contributed by atoms with Crippen LogP contribution in [0.2, 0.25) is 0 Å². The number of pyridine rings is 1. The van der Waals surface area contributed by atoms with Gasteiger partial charge < -0.3 is 5.11 Å².